The monoisotopic (exact) mass is 309 g/mol. The van der Waals surface area contributed by atoms with Crippen LogP contribution in [0.15, 0.2) is 0 Å². The van der Waals surface area contributed by atoms with Gasteiger partial charge in [-0.05, 0) is 26.7 Å². The van der Waals surface area contributed by atoms with Gasteiger partial charge in [-0.1, -0.05) is 12.8 Å². The van der Waals surface area contributed by atoms with Crippen LogP contribution in [0, 0.1) is 0 Å². The van der Waals surface area contributed by atoms with Crippen molar-refractivity contribution >= 4 is 17.8 Å². The molecule has 4 amide bonds. The molecule has 3 aliphatic rings. The number of imide groups is 1. The number of hydrogen-bond acceptors (Lipinski definition) is 4. The lowest BCUT2D eigenvalue weighted by Gasteiger charge is -2.35. The molecule has 3 rings (SSSR count). The molecule has 0 aromatic heterocycles. The highest BCUT2D eigenvalue weighted by atomic mass is 16.5. The van der Waals surface area contributed by atoms with Crippen molar-refractivity contribution in [2.24, 2.45) is 0 Å². The summed E-state index contributed by atoms with van der Waals surface area (Å²) < 4.78 is 5.60. The molecule has 1 spiro atoms. The summed E-state index contributed by atoms with van der Waals surface area (Å²) in [6, 6.07) is -0.436. The Kier molecular flexibility index (Phi) is 3.84. The van der Waals surface area contributed by atoms with Gasteiger partial charge in [0, 0.05) is 13.1 Å². The van der Waals surface area contributed by atoms with Crippen molar-refractivity contribution in [3.05, 3.63) is 0 Å². The van der Waals surface area contributed by atoms with Crippen LogP contribution in [0.1, 0.15) is 39.5 Å². The second-order valence-electron chi connectivity index (χ2n) is 6.67. The fourth-order valence-corrected chi connectivity index (χ4v) is 3.75. The van der Waals surface area contributed by atoms with Crippen LogP contribution in [0.3, 0.4) is 0 Å². The normalized spacial score (nSPS) is 31.0. The molecule has 0 bridgehead atoms. The summed E-state index contributed by atoms with van der Waals surface area (Å²) in [5.74, 6) is -0.432. The zero-order valence-corrected chi connectivity index (χ0v) is 13.1. The second kappa shape index (κ2) is 5.53. The van der Waals surface area contributed by atoms with Gasteiger partial charge >= 0.3 is 6.03 Å². The largest absolute Gasteiger partial charge is 0.372 e. The van der Waals surface area contributed by atoms with Crippen LogP contribution in [0.2, 0.25) is 0 Å². The predicted octanol–water partition coefficient (Wildman–Crippen LogP) is 0.487. The predicted molar refractivity (Wildman–Crippen MR) is 78.0 cm³/mol. The van der Waals surface area contributed by atoms with Crippen molar-refractivity contribution in [3.8, 4) is 0 Å². The van der Waals surface area contributed by atoms with Crippen LogP contribution in [-0.2, 0) is 14.3 Å². The number of ether oxygens (including phenoxy) is 1. The average Bonchev–Trinajstić information content (AvgIpc) is 2.99. The number of hydrogen-bond donors (Lipinski definition) is 1. The van der Waals surface area contributed by atoms with Crippen LogP contribution in [-0.4, -0.2) is 65.0 Å². The van der Waals surface area contributed by atoms with E-state index in [9.17, 15) is 14.4 Å². The van der Waals surface area contributed by atoms with Crippen molar-refractivity contribution in [1.29, 1.82) is 0 Å². The molecule has 0 aromatic carbocycles. The number of urea groups is 1. The molecule has 0 radical (unpaired) electrons. The van der Waals surface area contributed by atoms with E-state index in [1.165, 1.54) is 0 Å². The lowest BCUT2D eigenvalue weighted by molar-refractivity contribution is -0.146. The van der Waals surface area contributed by atoms with Gasteiger partial charge in [0.05, 0.1) is 12.2 Å². The van der Waals surface area contributed by atoms with Gasteiger partial charge in [-0.25, -0.2) is 4.79 Å². The third-order valence-electron chi connectivity index (χ3n) is 4.77. The van der Waals surface area contributed by atoms with E-state index < -0.39 is 11.6 Å². The minimum atomic E-state index is -0.747. The zero-order valence-electron chi connectivity index (χ0n) is 13.1. The molecule has 2 saturated heterocycles. The van der Waals surface area contributed by atoms with Crippen molar-refractivity contribution in [2.45, 2.75) is 57.3 Å². The van der Waals surface area contributed by atoms with Gasteiger partial charge in [0.25, 0.3) is 5.91 Å². The van der Waals surface area contributed by atoms with Crippen LogP contribution in [0.25, 0.3) is 0 Å². The number of carbonyl (C=O) groups is 3. The first-order chi connectivity index (χ1) is 10.4. The number of nitrogens with zero attached hydrogens (tertiary/aromatic N) is 2. The summed E-state index contributed by atoms with van der Waals surface area (Å²) in [5.41, 5.74) is -0.747. The third kappa shape index (κ3) is 2.58. The Labute approximate surface area is 129 Å². The van der Waals surface area contributed by atoms with E-state index in [-0.39, 0.29) is 30.6 Å². The van der Waals surface area contributed by atoms with E-state index in [1.54, 1.807) is 4.90 Å². The molecular weight excluding hydrogens is 286 g/mol. The maximum Gasteiger partial charge on any atom is 0.325 e. The summed E-state index contributed by atoms with van der Waals surface area (Å²) >= 11 is 0. The van der Waals surface area contributed by atoms with Crippen molar-refractivity contribution in [3.63, 3.8) is 0 Å². The SMILES string of the molecule is C[C@H]1CN(C(=O)CN2C(=O)NC3(CCCC3)C2=O)C[C@H](C)O1. The first-order valence-electron chi connectivity index (χ1n) is 7.99. The highest BCUT2D eigenvalue weighted by Gasteiger charge is 2.52. The standard InChI is InChI=1S/C15H23N3O4/c1-10-7-17(8-11(2)22-10)12(19)9-18-13(20)15(16-14(18)21)5-3-4-6-15/h10-11H,3-9H2,1-2H3,(H,16,21)/t10-,11-/m0/s1. The van der Waals surface area contributed by atoms with E-state index in [0.717, 1.165) is 17.7 Å². The fraction of sp³-hybridized carbons (Fsp3) is 0.800. The molecule has 2 aliphatic heterocycles. The number of rotatable bonds is 2. The molecule has 7 nitrogen and oxygen atoms in total. The minimum absolute atomic E-state index is 0.0306. The van der Waals surface area contributed by atoms with E-state index in [2.05, 4.69) is 5.32 Å². The quantitative estimate of drug-likeness (QED) is 0.753. The molecule has 2 heterocycles. The number of amides is 4. The topological polar surface area (TPSA) is 79.0 Å². The summed E-state index contributed by atoms with van der Waals surface area (Å²) in [6.07, 6.45) is 3.16. The van der Waals surface area contributed by atoms with Gasteiger partial charge < -0.3 is 15.0 Å². The minimum Gasteiger partial charge on any atom is -0.372 e. The van der Waals surface area contributed by atoms with Crippen molar-refractivity contribution in [1.82, 2.24) is 15.1 Å². The summed E-state index contributed by atoms with van der Waals surface area (Å²) in [6.45, 7) is 4.65. The molecular formula is C15H23N3O4. The van der Waals surface area contributed by atoms with Crippen LogP contribution >= 0.6 is 0 Å². The molecule has 0 unspecified atom stereocenters. The molecule has 22 heavy (non-hydrogen) atoms. The van der Waals surface area contributed by atoms with Gasteiger partial charge in [-0.15, -0.1) is 0 Å². The van der Waals surface area contributed by atoms with E-state index >= 15 is 0 Å². The van der Waals surface area contributed by atoms with Crippen LogP contribution in [0.5, 0.6) is 0 Å². The molecule has 2 atom stereocenters. The third-order valence-corrected chi connectivity index (χ3v) is 4.77. The Morgan fingerprint density at radius 1 is 1.23 bits per heavy atom. The van der Waals surface area contributed by atoms with Crippen LogP contribution in [0.4, 0.5) is 4.79 Å². The van der Waals surface area contributed by atoms with Gasteiger partial charge in [-0.3, -0.25) is 14.5 Å². The maximum absolute atomic E-state index is 12.5. The van der Waals surface area contributed by atoms with Crippen LogP contribution < -0.4 is 5.32 Å². The van der Waals surface area contributed by atoms with E-state index in [4.69, 9.17) is 4.74 Å². The number of carbonyl (C=O) groups excluding carboxylic acids is 3. The van der Waals surface area contributed by atoms with Gasteiger partial charge in [-0.2, -0.15) is 0 Å². The first-order valence-corrected chi connectivity index (χ1v) is 7.99. The Hall–Kier alpha value is -1.63. The molecule has 1 aliphatic carbocycles. The van der Waals surface area contributed by atoms with E-state index in [1.807, 2.05) is 13.8 Å². The number of nitrogens with one attached hydrogen (secondary N) is 1. The Morgan fingerprint density at radius 3 is 2.41 bits per heavy atom. The summed E-state index contributed by atoms with van der Waals surface area (Å²) in [5, 5.41) is 2.80. The van der Waals surface area contributed by atoms with Gasteiger partial charge in [0.2, 0.25) is 5.91 Å². The first kappa shape index (κ1) is 15.3. The lowest BCUT2D eigenvalue weighted by atomic mass is 9.98. The summed E-state index contributed by atoms with van der Waals surface area (Å²) in [7, 11) is 0. The second-order valence-corrected chi connectivity index (χ2v) is 6.67. The van der Waals surface area contributed by atoms with Gasteiger partial charge in [0.1, 0.15) is 12.1 Å². The van der Waals surface area contributed by atoms with E-state index in [0.29, 0.717) is 25.9 Å². The zero-order chi connectivity index (χ0) is 15.9. The molecule has 7 heteroatoms. The fourth-order valence-electron chi connectivity index (χ4n) is 3.75. The van der Waals surface area contributed by atoms with Crippen molar-refractivity contribution in [2.75, 3.05) is 19.6 Å². The highest BCUT2D eigenvalue weighted by Crippen LogP contribution is 2.35. The number of morpholine rings is 1. The maximum atomic E-state index is 12.5. The average molecular weight is 309 g/mol. The highest BCUT2D eigenvalue weighted by molar-refractivity contribution is 6.09. The smallest absolute Gasteiger partial charge is 0.325 e. The molecule has 122 valence electrons. The Morgan fingerprint density at radius 2 is 1.82 bits per heavy atom. The Balaban J connectivity index is 1.66. The lowest BCUT2D eigenvalue weighted by Crippen LogP contribution is -2.52. The summed E-state index contributed by atoms with van der Waals surface area (Å²) in [4.78, 5) is 39.8. The Bertz CT molecular complexity index is 491. The van der Waals surface area contributed by atoms with Gasteiger partial charge in [0.15, 0.2) is 0 Å². The molecule has 3 fully saturated rings. The molecule has 0 aromatic rings. The molecule has 1 saturated carbocycles. The van der Waals surface area contributed by atoms with Crippen molar-refractivity contribution < 1.29 is 19.1 Å². The molecule has 1 N–H and O–H groups in total.